The average Bonchev–Trinajstić information content (AvgIpc) is 3.42. The maximum Gasteiger partial charge on any atom is 0.257 e. The molecule has 2 aromatic carbocycles. The highest BCUT2D eigenvalue weighted by Gasteiger charge is 2.25. The number of fused-ring (bicyclic) bond motifs is 3. The Hall–Kier alpha value is -4.57. The van der Waals surface area contributed by atoms with Crippen LogP contribution >= 0.6 is 0 Å². The Morgan fingerprint density at radius 2 is 1.76 bits per heavy atom. The first-order chi connectivity index (χ1) is 20.3. The number of para-hydroxylation sites is 1. The van der Waals surface area contributed by atoms with E-state index in [1.54, 1.807) is 18.3 Å². The number of carbonyl (C=O) groups is 2. The molecular formula is C32H34FN7O2. The number of rotatable bonds is 6. The molecule has 0 atom stereocenters. The fraction of sp³-hybridized carbons (Fsp3) is 0.312. The molecule has 0 bridgehead atoms. The second-order valence-corrected chi connectivity index (χ2v) is 11.2. The zero-order valence-electron chi connectivity index (χ0n) is 24.0. The number of piperidine rings is 1. The van der Waals surface area contributed by atoms with E-state index in [0.29, 0.717) is 24.2 Å². The molecule has 2 aromatic heterocycles. The minimum absolute atomic E-state index is 0.0928. The largest absolute Gasteiger partial charge is 0.349 e. The molecule has 4 aromatic rings. The molecule has 216 valence electrons. The van der Waals surface area contributed by atoms with Crippen molar-refractivity contribution in [2.24, 2.45) is 0 Å². The predicted molar refractivity (Wildman–Crippen MR) is 160 cm³/mol. The molecule has 0 aliphatic carbocycles. The SMILES string of the molecule is Cc1cccc(C)c1NC(=O)c1ccn2c1CCc1cnc(Nc3ccc(C(=O)NC4CCN(C)CC4)cc3F)nc1-2. The van der Waals surface area contributed by atoms with Crippen molar-refractivity contribution in [3.63, 3.8) is 0 Å². The summed E-state index contributed by atoms with van der Waals surface area (Å²) in [5.41, 5.74) is 5.66. The molecule has 0 spiro atoms. The summed E-state index contributed by atoms with van der Waals surface area (Å²) in [6.45, 7) is 5.80. The Bertz CT molecular complexity index is 1650. The summed E-state index contributed by atoms with van der Waals surface area (Å²) in [5.74, 6) is -0.148. The molecule has 9 nitrogen and oxygen atoms in total. The Labute approximate surface area is 244 Å². The number of benzene rings is 2. The topological polar surface area (TPSA) is 104 Å². The second kappa shape index (κ2) is 11.4. The molecule has 6 rings (SSSR count). The van der Waals surface area contributed by atoms with E-state index in [1.165, 1.54) is 12.1 Å². The maximum absolute atomic E-state index is 15.1. The Kier molecular flexibility index (Phi) is 7.47. The lowest BCUT2D eigenvalue weighted by Crippen LogP contribution is -2.43. The molecule has 42 heavy (non-hydrogen) atoms. The third kappa shape index (κ3) is 5.49. The number of hydrogen-bond acceptors (Lipinski definition) is 6. The minimum atomic E-state index is -0.570. The Balaban J connectivity index is 1.18. The van der Waals surface area contributed by atoms with Crippen molar-refractivity contribution in [3.05, 3.63) is 94.2 Å². The van der Waals surface area contributed by atoms with Crippen LogP contribution in [0, 0.1) is 19.7 Å². The zero-order chi connectivity index (χ0) is 29.4. The zero-order valence-corrected chi connectivity index (χ0v) is 24.0. The van der Waals surface area contributed by atoms with Crippen molar-refractivity contribution in [2.75, 3.05) is 30.8 Å². The molecular weight excluding hydrogens is 533 g/mol. The number of aryl methyl sites for hydroxylation is 3. The van der Waals surface area contributed by atoms with Crippen molar-refractivity contribution in [1.82, 2.24) is 24.8 Å². The van der Waals surface area contributed by atoms with Crippen LogP contribution in [-0.2, 0) is 12.8 Å². The fourth-order valence-electron chi connectivity index (χ4n) is 5.71. The average molecular weight is 568 g/mol. The van der Waals surface area contributed by atoms with Gasteiger partial charge in [0.25, 0.3) is 11.8 Å². The molecule has 1 fully saturated rings. The van der Waals surface area contributed by atoms with Crippen LogP contribution in [-0.4, -0.2) is 57.4 Å². The molecule has 0 radical (unpaired) electrons. The van der Waals surface area contributed by atoms with Crippen LogP contribution in [0.15, 0.2) is 54.9 Å². The van der Waals surface area contributed by atoms with Gasteiger partial charge in [-0.25, -0.2) is 9.37 Å². The Morgan fingerprint density at radius 1 is 1.00 bits per heavy atom. The summed E-state index contributed by atoms with van der Waals surface area (Å²) < 4.78 is 17.0. The van der Waals surface area contributed by atoms with Gasteiger partial charge in [-0.2, -0.15) is 4.98 Å². The van der Waals surface area contributed by atoms with Crippen LogP contribution in [0.25, 0.3) is 5.82 Å². The van der Waals surface area contributed by atoms with Crippen molar-refractivity contribution in [2.45, 2.75) is 45.6 Å². The van der Waals surface area contributed by atoms with E-state index in [4.69, 9.17) is 0 Å². The van der Waals surface area contributed by atoms with Gasteiger partial charge in [0.2, 0.25) is 5.95 Å². The number of amides is 2. The van der Waals surface area contributed by atoms with Crippen molar-refractivity contribution >= 4 is 29.1 Å². The van der Waals surface area contributed by atoms with Crippen LogP contribution < -0.4 is 16.0 Å². The van der Waals surface area contributed by atoms with Gasteiger partial charge < -0.3 is 25.4 Å². The number of carbonyl (C=O) groups excluding carboxylic acids is 2. The summed E-state index contributed by atoms with van der Waals surface area (Å²) in [5, 5.41) is 9.04. The predicted octanol–water partition coefficient (Wildman–Crippen LogP) is 4.94. The van der Waals surface area contributed by atoms with Gasteiger partial charge in [-0.15, -0.1) is 0 Å². The molecule has 0 saturated carbocycles. The quantitative estimate of drug-likeness (QED) is 0.305. The highest BCUT2D eigenvalue weighted by molar-refractivity contribution is 6.06. The van der Waals surface area contributed by atoms with Crippen LogP contribution in [0.4, 0.5) is 21.7 Å². The monoisotopic (exact) mass is 567 g/mol. The Morgan fingerprint density at radius 3 is 2.50 bits per heavy atom. The summed E-state index contributed by atoms with van der Waals surface area (Å²) in [6.07, 6.45) is 6.66. The number of halogens is 1. The van der Waals surface area contributed by atoms with Gasteiger partial charge in [-0.05, 0) is 95.1 Å². The highest BCUT2D eigenvalue weighted by Crippen LogP contribution is 2.29. The van der Waals surface area contributed by atoms with E-state index in [0.717, 1.165) is 54.0 Å². The van der Waals surface area contributed by atoms with Gasteiger partial charge in [-0.1, -0.05) is 18.2 Å². The lowest BCUT2D eigenvalue weighted by atomic mass is 10.0. The summed E-state index contributed by atoms with van der Waals surface area (Å²) in [7, 11) is 2.06. The number of nitrogens with zero attached hydrogens (tertiary/aromatic N) is 4. The number of anilines is 3. The van der Waals surface area contributed by atoms with Crippen LogP contribution in [0.3, 0.4) is 0 Å². The van der Waals surface area contributed by atoms with E-state index >= 15 is 4.39 Å². The van der Waals surface area contributed by atoms with Crippen LogP contribution in [0.1, 0.15) is 55.9 Å². The molecule has 0 unspecified atom stereocenters. The number of hydrogen-bond donors (Lipinski definition) is 3. The highest BCUT2D eigenvalue weighted by atomic mass is 19.1. The van der Waals surface area contributed by atoms with Gasteiger partial charge in [0.15, 0.2) is 0 Å². The van der Waals surface area contributed by atoms with E-state index < -0.39 is 5.82 Å². The first-order valence-corrected chi connectivity index (χ1v) is 14.3. The van der Waals surface area contributed by atoms with Gasteiger partial charge in [-0.3, -0.25) is 9.59 Å². The van der Waals surface area contributed by atoms with Gasteiger partial charge in [0, 0.05) is 40.9 Å². The molecule has 1 saturated heterocycles. The van der Waals surface area contributed by atoms with Gasteiger partial charge in [0.05, 0.1) is 11.3 Å². The number of nitrogens with one attached hydrogen (secondary N) is 3. The van der Waals surface area contributed by atoms with E-state index in [-0.39, 0.29) is 35.1 Å². The van der Waals surface area contributed by atoms with Gasteiger partial charge >= 0.3 is 0 Å². The maximum atomic E-state index is 15.1. The van der Waals surface area contributed by atoms with Crippen molar-refractivity contribution in [3.8, 4) is 5.82 Å². The van der Waals surface area contributed by atoms with E-state index in [1.807, 2.05) is 42.8 Å². The smallest absolute Gasteiger partial charge is 0.257 e. The third-order valence-electron chi connectivity index (χ3n) is 8.19. The molecule has 10 heteroatoms. The summed E-state index contributed by atoms with van der Waals surface area (Å²) >= 11 is 0. The van der Waals surface area contributed by atoms with Crippen molar-refractivity contribution < 1.29 is 14.0 Å². The molecule has 3 N–H and O–H groups in total. The molecule has 2 aliphatic rings. The second-order valence-electron chi connectivity index (χ2n) is 11.2. The summed E-state index contributed by atoms with van der Waals surface area (Å²) in [4.78, 5) is 37.3. The third-order valence-corrected chi connectivity index (χ3v) is 8.19. The number of likely N-dealkylation sites (tertiary alicyclic amines) is 1. The van der Waals surface area contributed by atoms with Crippen LogP contribution in [0.5, 0.6) is 0 Å². The summed E-state index contributed by atoms with van der Waals surface area (Å²) in [6, 6.07) is 12.2. The van der Waals surface area contributed by atoms with E-state index in [9.17, 15) is 9.59 Å². The first kappa shape index (κ1) is 27.6. The first-order valence-electron chi connectivity index (χ1n) is 14.3. The molecule has 2 aliphatic heterocycles. The molecule has 4 heterocycles. The lowest BCUT2D eigenvalue weighted by Gasteiger charge is -2.29. The standard InChI is InChI=1S/C32H34FN7O2/c1-19-5-4-6-20(2)28(19)37-31(42)24-13-16-40-27(24)10-8-22-18-34-32(38-29(22)40)36-26-9-7-21(17-25(26)33)30(41)35-23-11-14-39(3)15-12-23/h4-7,9,13,16-18,23H,8,10-12,14-15H2,1-3H3,(H,35,41)(H,37,42)(H,34,36,38). The molecule has 2 amide bonds. The fourth-order valence-corrected chi connectivity index (χ4v) is 5.71. The number of aromatic nitrogens is 3. The van der Waals surface area contributed by atoms with Crippen LogP contribution in [0.2, 0.25) is 0 Å². The van der Waals surface area contributed by atoms with Crippen molar-refractivity contribution in [1.29, 1.82) is 0 Å². The van der Waals surface area contributed by atoms with E-state index in [2.05, 4.69) is 37.9 Å². The normalized spacial score (nSPS) is 15.0. The lowest BCUT2D eigenvalue weighted by molar-refractivity contribution is 0.0916. The van der Waals surface area contributed by atoms with Gasteiger partial charge in [0.1, 0.15) is 11.6 Å². The minimum Gasteiger partial charge on any atom is -0.349 e.